The molecule has 0 unspecified atom stereocenters. The van der Waals surface area contributed by atoms with Crippen LogP contribution in [0.5, 0.6) is 0 Å². The van der Waals surface area contributed by atoms with E-state index in [0.717, 1.165) is 25.1 Å². The van der Waals surface area contributed by atoms with Crippen molar-refractivity contribution < 1.29 is 4.79 Å². The van der Waals surface area contributed by atoms with Crippen molar-refractivity contribution >= 4 is 17.3 Å². The summed E-state index contributed by atoms with van der Waals surface area (Å²) in [5.41, 5.74) is 3.45. The Hall–Kier alpha value is -1.51. The molecule has 1 heterocycles. The van der Waals surface area contributed by atoms with Crippen molar-refractivity contribution in [2.75, 3.05) is 17.2 Å². The van der Waals surface area contributed by atoms with Crippen molar-refractivity contribution in [1.82, 2.24) is 0 Å². The van der Waals surface area contributed by atoms with Gasteiger partial charge in [0.15, 0.2) is 0 Å². The third-order valence-corrected chi connectivity index (χ3v) is 4.09. The second kappa shape index (κ2) is 8.71. The molecule has 0 aromatic heterocycles. The highest BCUT2D eigenvalue weighted by molar-refractivity contribution is 5.91. The number of anilines is 2. The Balaban J connectivity index is 1.70. The first kappa shape index (κ1) is 15.9. The van der Waals surface area contributed by atoms with Crippen LogP contribution in [0.1, 0.15) is 63.9 Å². The first-order chi connectivity index (χ1) is 10.3. The number of benzene rings is 1. The molecule has 0 spiro atoms. The Morgan fingerprint density at radius 1 is 1.19 bits per heavy atom. The van der Waals surface area contributed by atoms with Gasteiger partial charge < -0.3 is 10.6 Å². The van der Waals surface area contributed by atoms with E-state index in [4.69, 9.17) is 0 Å². The Kier molecular flexibility index (Phi) is 6.58. The van der Waals surface area contributed by atoms with E-state index in [1.807, 2.05) is 6.07 Å². The number of fused-ring (bicyclic) bond motifs is 1. The molecule has 0 atom stereocenters. The van der Waals surface area contributed by atoms with Crippen molar-refractivity contribution in [1.29, 1.82) is 0 Å². The molecule has 1 aromatic rings. The van der Waals surface area contributed by atoms with Crippen molar-refractivity contribution in [2.24, 2.45) is 0 Å². The van der Waals surface area contributed by atoms with E-state index in [9.17, 15) is 4.79 Å². The highest BCUT2D eigenvalue weighted by Gasteiger charge is 2.09. The first-order valence-electron chi connectivity index (χ1n) is 8.46. The zero-order chi connectivity index (χ0) is 14.9. The predicted octanol–water partition coefficient (Wildman–Crippen LogP) is 4.73. The molecule has 0 saturated heterocycles. The second-order valence-electron chi connectivity index (χ2n) is 5.97. The molecule has 1 aliphatic rings. The number of rotatable bonds is 8. The summed E-state index contributed by atoms with van der Waals surface area (Å²) in [5.74, 6) is 0.140. The van der Waals surface area contributed by atoms with Gasteiger partial charge in [-0.3, -0.25) is 4.79 Å². The molecule has 0 aliphatic carbocycles. The highest BCUT2D eigenvalue weighted by atomic mass is 16.1. The van der Waals surface area contributed by atoms with Gasteiger partial charge in [-0.05, 0) is 37.0 Å². The van der Waals surface area contributed by atoms with E-state index in [1.54, 1.807) is 0 Å². The summed E-state index contributed by atoms with van der Waals surface area (Å²) in [6, 6.07) is 6.21. The molecule has 3 heteroatoms. The number of hydrogen-bond donors (Lipinski definition) is 2. The fourth-order valence-corrected chi connectivity index (χ4v) is 2.83. The number of carbonyl (C=O) groups excluding carboxylic acids is 1. The van der Waals surface area contributed by atoms with Gasteiger partial charge in [-0.15, -0.1) is 0 Å². The van der Waals surface area contributed by atoms with E-state index >= 15 is 0 Å². The molecule has 1 aliphatic heterocycles. The molecule has 0 bridgehead atoms. The molecule has 1 amide bonds. The van der Waals surface area contributed by atoms with E-state index in [2.05, 4.69) is 29.7 Å². The molecule has 3 nitrogen and oxygen atoms in total. The van der Waals surface area contributed by atoms with Gasteiger partial charge >= 0.3 is 0 Å². The van der Waals surface area contributed by atoms with Gasteiger partial charge in [-0.25, -0.2) is 0 Å². The van der Waals surface area contributed by atoms with Gasteiger partial charge in [0.05, 0.1) is 0 Å². The largest absolute Gasteiger partial charge is 0.385 e. The minimum Gasteiger partial charge on any atom is -0.385 e. The molecule has 0 saturated carbocycles. The summed E-state index contributed by atoms with van der Waals surface area (Å²) < 4.78 is 0. The normalized spacial score (nSPS) is 13.4. The van der Waals surface area contributed by atoms with Crippen LogP contribution in [-0.2, 0) is 11.2 Å². The molecule has 116 valence electrons. The first-order valence-corrected chi connectivity index (χ1v) is 8.46. The van der Waals surface area contributed by atoms with Gasteiger partial charge in [0.2, 0.25) is 5.91 Å². The van der Waals surface area contributed by atoms with E-state index in [-0.39, 0.29) is 5.91 Å². The number of carbonyl (C=O) groups is 1. The lowest BCUT2D eigenvalue weighted by atomic mass is 10.0. The van der Waals surface area contributed by atoms with E-state index < -0.39 is 0 Å². The smallest absolute Gasteiger partial charge is 0.224 e. The van der Waals surface area contributed by atoms with Gasteiger partial charge in [-0.2, -0.15) is 0 Å². The van der Waals surface area contributed by atoms with Crippen LogP contribution in [0.15, 0.2) is 18.2 Å². The maximum atomic E-state index is 11.9. The standard InChI is InChI=1S/C18H28N2O/c1-2-3-4-5-6-7-10-18(21)20-16-12-11-15-9-8-13-19-17(15)14-16/h11-12,14,19H,2-10,13H2,1H3,(H,20,21). The number of nitrogens with one attached hydrogen (secondary N) is 2. The number of unbranched alkanes of at least 4 members (excludes halogenated alkanes) is 5. The van der Waals surface area contributed by atoms with Crippen LogP contribution in [0.4, 0.5) is 11.4 Å². The lowest BCUT2D eigenvalue weighted by Crippen LogP contribution is -2.14. The lowest BCUT2D eigenvalue weighted by molar-refractivity contribution is -0.116. The Bertz CT molecular complexity index is 457. The number of amides is 1. The van der Waals surface area contributed by atoms with Crippen LogP contribution in [0.25, 0.3) is 0 Å². The van der Waals surface area contributed by atoms with Gasteiger partial charge in [-0.1, -0.05) is 45.1 Å². The molecule has 2 rings (SSSR count). The molecular weight excluding hydrogens is 260 g/mol. The lowest BCUT2D eigenvalue weighted by Gasteiger charge is -2.18. The van der Waals surface area contributed by atoms with Crippen molar-refractivity contribution in [3.05, 3.63) is 23.8 Å². The summed E-state index contributed by atoms with van der Waals surface area (Å²) in [5, 5.41) is 6.41. The van der Waals surface area contributed by atoms with E-state index in [1.165, 1.54) is 49.8 Å². The zero-order valence-corrected chi connectivity index (χ0v) is 13.2. The average Bonchev–Trinajstić information content (AvgIpc) is 2.50. The summed E-state index contributed by atoms with van der Waals surface area (Å²) in [6.45, 7) is 3.25. The fourth-order valence-electron chi connectivity index (χ4n) is 2.83. The maximum Gasteiger partial charge on any atom is 0.224 e. The van der Waals surface area contributed by atoms with Crippen molar-refractivity contribution in [2.45, 2.75) is 64.7 Å². The Morgan fingerprint density at radius 2 is 2.00 bits per heavy atom. The van der Waals surface area contributed by atoms with Crippen LogP contribution in [0.2, 0.25) is 0 Å². The monoisotopic (exact) mass is 288 g/mol. The summed E-state index contributed by atoms with van der Waals surface area (Å²) in [4.78, 5) is 11.9. The summed E-state index contributed by atoms with van der Waals surface area (Å²) in [7, 11) is 0. The van der Waals surface area contributed by atoms with Crippen LogP contribution >= 0.6 is 0 Å². The molecule has 0 fully saturated rings. The molecule has 0 radical (unpaired) electrons. The topological polar surface area (TPSA) is 41.1 Å². The van der Waals surface area contributed by atoms with Crippen molar-refractivity contribution in [3.63, 3.8) is 0 Å². The Morgan fingerprint density at radius 3 is 2.86 bits per heavy atom. The van der Waals surface area contributed by atoms with Gasteiger partial charge in [0.25, 0.3) is 0 Å². The zero-order valence-electron chi connectivity index (χ0n) is 13.2. The van der Waals surface area contributed by atoms with Crippen LogP contribution in [0, 0.1) is 0 Å². The predicted molar refractivity (Wildman–Crippen MR) is 89.9 cm³/mol. The summed E-state index contributed by atoms with van der Waals surface area (Å²) in [6.07, 6.45) is 10.3. The number of hydrogen-bond acceptors (Lipinski definition) is 2. The van der Waals surface area contributed by atoms with Gasteiger partial charge in [0, 0.05) is 24.3 Å². The molecule has 1 aromatic carbocycles. The minimum atomic E-state index is 0.140. The SMILES string of the molecule is CCCCCCCCC(=O)Nc1ccc2c(c1)NCCC2. The van der Waals surface area contributed by atoms with Crippen LogP contribution in [0.3, 0.4) is 0 Å². The molecule has 2 N–H and O–H groups in total. The third kappa shape index (κ3) is 5.41. The van der Waals surface area contributed by atoms with Gasteiger partial charge in [0.1, 0.15) is 0 Å². The Labute approximate surface area is 128 Å². The molecular formula is C18H28N2O. The maximum absolute atomic E-state index is 11.9. The second-order valence-corrected chi connectivity index (χ2v) is 5.97. The minimum absolute atomic E-state index is 0.140. The van der Waals surface area contributed by atoms with Crippen LogP contribution < -0.4 is 10.6 Å². The highest BCUT2D eigenvalue weighted by Crippen LogP contribution is 2.25. The third-order valence-electron chi connectivity index (χ3n) is 4.09. The van der Waals surface area contributed by atoms with Crippen LogP contribution in [-0.4, -0.2) is 12.5 Å². The summed E-state index contributed by atoms with van der Waals surface area (Å²) >= 11 is 0. The quantitative estimate of drug-likeness (QED) is 0.679. The molecule has 21 heavy (non-hydrogen) atoms. The van der Waals surface area contributed by atoms with E-state index in [0.29, 0.717) is 6.42 Å². The fraction of sp³-hybridized carbons (Fsp3) is 0.611. The number of aryl methyl sites for hydroxylation is 1. The van der Waals surface area contributed by atoms with Crippen molar-refractivity contribution in [3.8, 4) is 0 Å². The average molecular weight is 288 g/mol.